The minimum atomic E-state index is -0.0219. The second-order valence-corrected chi connectivity index (χ2v) is 7.22. The Labute approximate surface area is 143 Å². The van der Waals surface area contributed by atoms with Crippen LogP contribution in [0.3, 0.4) is 0 Å². The lowest BCUT2D eigenvalue weighted by atomic mass is 9.74. The molecule has 0 atom stereocenters. The Balaban J connectivity index is 1.68. The normalized spacial score (nSPS) is 21.7. The molecule has 1 saturated heterocycles. The predicted octanol–water partition coefficient (Wildman–Crippen LogP) is 3.09. The van der Waals surface area contributed by atoms with Crippen LogP contribution in [-0.2, 0) is 10.2 Å². The molecular weight excluding hydrogens is 310 g/mol. The summed E-state index contributed by atoms with van der Waals surface area (Å²) in [7, 11) is 0. The van der Waals surface area contributed by atoms with Gasteiger partial charge in [0.05, 0.1) is 6.54 Å². The number of nitrogens with two attached hydrogens (primary N) is 1. The van der Waals surface area contributed by atoms with Crippen molar-refractivity contribution in [1.82, 2.24) is 5.32 Å². The van der Waals surface area contributed by atoms with Crippen LogP contribution in [0.4, 0.5) is 0 Å². The fraction of sp³-hybridized carbons (Fsp3) is 0.611. The summed E-state index contributed by atoms with van der Waals surface area (Å²) in [5, 5.41) is 4.05. The fourth-order valence-electron chi connectivity index (χ4n) is 3.36. The minimum absolute atomic E-state index is 0.0219. The van der Waals surface area contributed by atoms with Crippen molar-refractivity contribution in [2.75, 3.05) is 26.3 Å². The van der Waals surface area contributed by atoms with E-state index in [-0.39, 0.29) is 5.41 Å². The number of hydrogen-bond donors (Lipinski definition) is 2. The van der Waals surface area contributed by atoms with E-state index in [0.29, 0.717) is 12.5 Å². The quantitative estimate of drug-likeness (QED) is 0.642. The summed E-state index contributed by atoms with van der Waals surface area (Å²) in [6, 6.07) is 8.12. The molecule has 0 bridgehead atoms. The molecule has 0 radical (unpaired) electrons. The third kappa shape index (κ3) is 4.18. The van der Waals surface area contributed by atoms with Crippen LogP contribution < -0.4 is 11.1 Å². The summed E-state index contributed by atoms with van der Waals surface area (Å²) >= 11 is 6.19. The summed E-state index contributed by atoms with van der Waals surface area (Å²) < 4.78 is 5.56. The molecule has 1 aliphatic carbocycles. The number of aliphatic imine (C=N–C) groups is 1. The van der Waals surface area contributed by atoms with E-state index < -0.39 is 0 Å². The molecule has 23 heavy (non-hydrogen) atoms. The lowest BCUT2D eigenvalue weighted by Gasteiger charge is -2.36. The molecule has 1 heterocycles. The highest BCUT2D eigenvalue weighted by atomic mass is 35.5. The van der Waals surface area contributed by atoms with Gasteiger partial charge in [0.25, 0.3) is 0 Å². The van der Waals surface area contributed by atoms with Crippen molar-refractivity contribution in [3.8, 4) is 0 Å². The molecule has 0 amide bonds. The van der Waals surface area contributed by atoms with Crippen LogP contribution in [-0.4, -0.2) is 32.3 Å². The van der Waals surface area contributed by atoms with Crippen molar-refractivity contribution in [3.63, 3.8) is 0 Å². The molecule has 2 aliphatic rings. The van der Waals surface area contributed by atoms with Gasteiger partial charge in [-0.05, 0) is 49.3 Å². The van der Waals surface area contributed by atoms with Crippen molar-refractivity contribution in [3.05, 3.63) is 34.9 Å². The van der Waals surface area contributed by atoms with Gasteiger partial charge in [-0.25, -0.2) is 0 Å². The van der Waals surface area contributed by atoms with Crippen LogP contribution in [0.5, 0.6) is 0 Å². The van der Waals surface area contributed by atoms with Crippen LogP contribution >= 0.6 is 11.6 Å². The highest BCUT2D eigenvalue weighted by Crippen LogP contribution is 2.36. The third-order valence-corrected chi connectivity index (χ3v) is 5.47. The second-order valence-electron chi connectivity index (χ2n) is 6.78. The van der Waals surface area contributed by atoms with Crippen LogP contribution in [0.25, 0.3) is 0 Å². The smallest absolute Gasteiger partial charge is 0.188 e. The van der Waals surface area contributed by atoms with Crippen molar-refractivity contribution in [2.45, 2.75) is 37.5 Å². The number of ether oxygens (including phenoxy) is 1. The van der Waals surface area contributed by atoms with Gasteiger partial charge >= 0.3 is 0 Å². The van der Waals surface area contributed by atoms with Gasteiger partial charge in [0.1, 0.15) is 0 Å². The highest BCUT2D eigenvalue weighted by Gasteiger charge is 2.34. The molecular formula is C18H26ClN3O. The number of hydrogen-bond acceptors (Lipinski definition) is 2. The number of benzene rings is 1. The number of nitrogens with zero attached hydrogens (tertiary/aromatic N) is 1. The molecule has 126 valence electrons. The van der Waals surface area contributed by atoms with Gasteiger partial charge in [-0.3, -0.25) is 4.99 Å². The zero-order chi connectivity index (χ0) is 16.1. The molecule has 1 aromatic carbocycles. The zero-order valence-corrected chi connectivity index (χ0v) is 14.3. The Bertz CT molecular complexity index is 551. The zero-order valence-electron chi connectivity index (χ0n) is 13.6. The van der Waals surface area contributed by atoms with Gasteiger partial charge in [-0.15, -0.1) is 0 Å². The standard InChI is InChI=1S/C18H26ClN3O/c19-16-6-2-5-15(11-16)18(7-9-23-10-8-18)13-22-17(20)21-12-14-3-1-4-14/h2,5-6,11,14H,1,3-4,7-10,12-13H2,(H3,20,21,22). The van der Waals surface area contributed by atoms with Crippen LogP contribution in [0, 0.1) is 5.92 Å². The summed E-state index contributed by atoms with van der Waals surface area (Å²) in [4.78, 5) is 4.64. The van der Waals surface area contributed by atoms with Crippen LogP contribution in [0.15, 0.2) is 29.3 Å². The number of guanidine groups is 1. The maximum atomic E-state index is 6.19. The van der Waals surface area contributed by atoms with Crippen molar-refractivity contribution >= 4 is 17.6 Å². The first-order valence-corrected chi connectivity index (χ1v) is 8.93. The Morgan fingerprint density at radius 1 is 1.35 bits per heavy atom. The van der Waals surface area contributed by atoms with Gasteiger partial charge in [0, 0.05) is 30.2 Å². The summed E-state index contributed by atoms with van der Waals surface area (Å²) in [5.41, 5.74) is 7.28. The van der Waals surface area contributed by atoms with Crippen LogP contribution in [0.1, 0.15) is 37.7 Å². The maximum Gasteiger partial charge on any atom is 0.188 e. The predicted molar refractivity (Wildman–Crippen MR) is 95.0 cm³/mol. The van der Waals surface area contributed by atoms with E-state index >= 15 is 0 Å². The molecule has 0 aromatic heterocycles. The van der Waals surface area contributed by atoms with Gasteiger partial charge in [0.2, 0.25) is 0 Å². The molecule has 3 N–H and O–H groups in total. The highest BCUT2D eigenvalue weighted by molar-refractivity contribution is 6.30. The fourth-order valence-corrected chi connectivity index (χ4v) is 3.55. The lowest BCUT2D eigenvalue weighted by Crippen LogP contribution is -2.40. The van der Waals surface area contributed by atoms with E-state index in [1.807, 2.05) is 12.1 Å². The largest absolute Gasteiger partial charge is 0.381 e. The second kappa shape index (κ2) is 7.54. The Morgan fingerprint density at radius 3 is 2.78 bits per heavy atom. The van der Waals surface area contributed by atoms with E-state index in [2.05, 4.69) is 22.4 Å². The number of nitrogens with one attached hydrogen (secondary N) is 1. The van der Waals surface area contributed by atoms with Gasteiger partial charge in [-0.2, -0.15) is 0 Å². The molecule has 1 aliphatic heterocycles. The van der Waals surface area contributed by atoms with Gasteiger partial charge in [0.15, 0.2) is 5.96 Å². The van der Waals surface area contributed by atoms with Gasteiger partial charge < -0.3 is 15.8 Å². The van der Waals surface area contributed by atoms with E-state index in [0.717, 1.165) is 43.5 Å². The molecule has 0 unspecified atom stereocenters. The van der Waals surface area contributed by atoms with Crippen LogP contribution in [0.2, 0.25) is 5.02 Å². The Morgan fingerprint density at radius 2 is 2.13 bits per heavy atom. The summed E-state index contributed by atoms with van der Waals surface area (Å²) in [6.07, 6.45) is 5.87. The third-order valence-electron chi connectivity index (χ3n) is 5.24. The van der Waals surface area contributed by atoms with Crippen molar-refractivity contribution in [1.29, 1.82) is 0 Å². The molecule has 1 saturated carbocycles. The number of rotatable bonds is 5. The monoisotopic (exact) mass is 335 g/mol. The molecule has 4 nitrogen and oxygen atoms in total. The van der Waals surface area contributed by atoms with E-state index in [9.17, 15) is 0 Å². The van der Waals surface area contributed by atoms with E-state index in [1.165, 1.54) is 24.8 Å². The topological polar surface area (TPSA) is 59.6 Å². The minimum Gasteiger partial charge on any atom is -0.381 e. The summed E-state index contributed by atoms with van der Waals surface area (Å²) in [5.74, 6) is 1.33. The Hall–Kier alpha value is -1.26. The number of halogens is 1. The first-order valence-electron chi connectivity index (χ1n) is 8.56. The Kier molecular flexibility index (Phi) is 5.44. The maximum absolute atomic E-state index is 6.19. The average molecular weight is 336 g/mol. The lowest BCUT2D eigenvalue weighted by molar-refractivity contribution is 0.0531. The molecule has 2 fully saturated rings. The van der Waals surface area contributed by atoms with Gasteiger partial charge in [-0.1, -0.05) is 30.2 Å². The molecule has 1 aromatic rings. The van der Waals surface area contributed by atoms with E-state index in [1.54, 1.807) is 0 Å². The first kappa shape index (κ1) is 16.6. The van der Waals surface area contributed by atoms with Crippen molar-refractivity contribution < 1.29 is 4.74 Å². The van der Waals surface area contributed by atoms with Crippen molar-refractivity contribution in [2.24, 2.45) is 16.6 Å². The molecule has 5 heteroatoms. The summed E-state index contributed by atoms with van der Waals surface area (Å²) in [6.45, 7) is 3.15. The molecule has 0 spiro atoms. The molecule has 3 rings (SSSR count). The van der Waals surface area contributed by atoms with E-state index in [4.69, 9.17) is 22.1 Å². The SMILES string of the molecule is NC(=NCC1(c2cccc(Cl)c2)CCOCC1)NCC1CCC1. The first-order chi connectivity index (χ1) is 11.2. The average Bonchev–Trinajstić information content (AvgIpc) is 2.52.